The lowest BCUT2D eigenvalue weighted by atomic mass is 10.1. The summed E-state index contributed by atoms with van der Waals surface area (Å²) in [7, 11) is 0. The molecule has 2 heterocycles. The van der Waals surface area contributed by atoms with Crippen LogP contribution >= 0.6 is 0 Å². The van der Waals surface area contributed by atoms with Crippen molar-refractivity contribution in [2.45, 2.75) is 13.8 Å². The van der Waals surface area contributed by atoms with E-state index < -0.39 is 0 Å². The Morgan fingerprint density at radius 3 is 2.78 bits per heavy atom. The molecular formula is C18H21N3O2. The Bertz CT molecular complexity index is 709. The van der Waals surface area contributed by atoms with Crippen LogP contribution in [0.1, 0.15) is 21.6 Å². The fourth-order valence-electron chi connectivity index (χ4n) is 2.63. The minimum Gasteiger partial charge on any atom is -0.378 e. The summed E-state index contributed by atoms with van der Waals surface area (Å²) in [6.45, 7) is 7.13. The molecule has 2 aromatic rings. The van der Waals surface area contributed by atoms with Gasteiger partial charge < -0.3 is 15.0 Å². The van der Waals surface area contributed by atoms with Crippen molar-refractivity contribution >= 4 is 17.3 Å². The summed E-state index contributed by atoms with van der Waals surface area (Å²) in [5.41, 5.74) is 4.49. The number of morpholine rings is 1. The Hall–Kier alpha value is -2.40. The molecule has 1 saturated heterocycles. The number of carbonyl (C=O) groups excluding carboxylic acids is 1. The molecule has 1 aliphatic heterocycles. The van der Waals surface area contributed by atoms with Crippen LogP contribution in [0.2, 0.25) is 0 Å². The van der Waals surface area contributed by atoms with E-state index in [1.54, 1.807) is 6.20 Å². The van der Waals surface area contributed by atoms with Crippen molar-refractivity contribution in [2.24, 2.45) is 0 Å². The maximum atomic E-state index is 12.5. The Morgan fingerprint density at radius 2 is 2.00 bits per heavy atom. The highest BCUT2D eigenvalue weighted by molar-refractivity contribution is 6.03. The average Bonchev–Trinajstić information content (AvgIpc) is 2.60. The van der Waals surface area contributed by atoms with Gasteiger partial charge in [-0.05, 0) is 43.2 Å². The van der Waals surface area contributed by atoms with Crippen LogP contribution < -0.4 is 10.2 Å². The van der Waals surface area contributed by atoms with E-state index in [2.05, 4.69) is 15.2 Å². The maximum absolute atomic E-state index is 12.5. The lowest BCUT2D eigenvalue weighted by Gasteiger charge is -2.28. The first kappa shape index (κ1) is 15.5. The number of ether oxygens (including phenoxy) is 1. The molecule has 5 nitrogen and oxygen atoms in total. The van der Waals surface area contributed by atoms with Crippen molar-refractivity contribution in [1.29, 1.82) is 0 Å². The molecule has 0 spiro atoms. The maximum Gasteiger partial charge on any atom is 0.274 e. The van der Waals surface area contributed by atoms with E-state index in [-0.39, 0.29) is 5.91 Å². The van der Waals surface area contributed by atoms with E-state index in [1.807, 2.05) is 44.2 Å². The first-order valence-electron chi connectivity index (χ1n) is 7.81. The monoisotopic (exact) mass is 311 g/mol. The van der Waals surface area contributed by atoms with Crippen LogP contribution in [0.5, 0.6) is 0 Å². The van der Waals surface area contributed by atoms with Crippen LogP contribution in [-0.4, -0.2) is 37.2 Å². The number of nitrogens with one attached hydrogen (secondary N) is 1. The van der Waals surface area contributed by atoms with Gasteiger partial charge >= 0.3 is 0 Å². The lowest BCUT2D eigenvalue weighted by Crippen LogP contribution is -2.36. The Labute approximate surface area is 136 Å². The van der Waals surface area contributed by atoms with Gasteiger partial charge in [-0.3, -0.25) is 9.78 Å². The largest absolute Gasteiger partial charge is 0.378 e. The van der Waals surface area contributed by atoms with Crippen LogP contribution in [0.15, 0.2) is 36.5 Å². The molecule has 120 valence electrons. The molecule has 0 saturated carbocycles. The van der Waals surface area contributed by atoms with Crippen molar-refractivity contribution in [3.63, 3.8) is 0 Å². The molecule has 3 rings (SSSR count). The second-order valence-corrected chi connectivity index (χ2v) is 5.70. The van der Waals surface area contributed by atoms with Gasteiger partial charge in [0.15, 0.2) is 0 Å². The molecule has 0 radical (unpaired) electrons. The molecule has 0 bridgehead atoms. The quantitative estimate of drug-likeness (QED) is 0.947. The second kappa shape index (κ2) is 6.79. The third-order valence-corrected chi connectivity index (χ3v) is 4.21. The van der Waals surface area contributed by atoms with Gasteiger partial charge in [0.2, 0.25) is 0 Å². The minimum atomic E-state index is -0.186. The number of benzene rings is 1. The third-order valence-electron chi connectivity index (χ3n) is 4.21. The van der Waals surface area contributed by atoms with Gasteiger partial charge in [0, 0.05) is 30.7 Å². The van der Waals surface area contributed by atoms with Crippen molar-refractivity contribution in [3.8, 4) is 0 Å². The van der Waals surface area contributed by atoms with Gasteiger partial charge in [0.1, 0.15) is 5.69 Å². The number of pyridine rings is 1. The van der Waals surface area contributed by atoms with Crippen molar-refractivity contribution in [3.05, 3.63) is 53.3 Å². The lowest BCUT2D eigenvalue weighted by molar-refractivity contribution is 0.102. The molecule has 1 fully saturated rings. The highest BCUT2D eigenvalue weighted by Gasteiger charge is 2.15. The number of anilines is 2. The number of aromatic nitrogens is 1. The van der Waals surface area contributed by atoms with Crippen LogP contribution in [0, 0.1) is 13.8 Å². The predicted octanol–water partition coefficient (Wildman–Crippen LogP) is 2.79. The van der Waals surface area contributed by atoms with E-state index in [0.29, 0.717) is 18.9 Å². The molecule has 0 atom stereocenters. The number of rotatable bonds is 3. The standard InChI is InChI=1S/C18H21N3O2/c1-13-4-3-5-16(14(13)2)20-18(22)17-12-15(6-7-19-17)21-8-10-23-11-9-21/h3-7,12H,8-11H2,1-2H3,(H,20,22). The van der Waals surface area contributed by atoms with Crippen molar-refractivity contribution in [2.75, 3.05) is 36.5 Å². The summed E-state index contributed by atoms with van der Waals surface area (Å²) >= 11 is 0. The van der Waals surface area contributed by atoms with E-state index in [9.17, 15) is 4.79 Å². The summed E-state index contributed by atoms with van der Waals surface area (Å²) in [6, 6.07) is 9.65. The summed E-state index contributed by atoms with van der Waals surface area (Å²) in [5, 5.41) is 2.95. The highest BCUT2D eigenvalue weighted by atomic mass is 16.5. The third kappa shape index (κ3) is 3.51. The van der Waals surface area contributed by atoms with E-state index in [1.165, 1.54) is 0 Å². The van der Waals surface area contributed by atoms with Crippen molar-refractivity contribution in [1.82, 2.24) is 4.98 Å². The normalized spacial score (nSPS) is 14.6. The van der Waals surface area contributed by atoms with Crippen LogP contribution in [0.25, 0.3) is 0 Å². The number of nitrogens with zero attached hydrogens (tertiary/aromatic N) is 2. The zero-order chi connectivity index (χ0) is 16.2. The molecule has 0 aliphatic carbocycles. The van der Waals surface area contributed by atoms with E-state index in [0.717, 1.165) is 35.6 Å². The van der Waals surface area contributed by atoms with Crippen LogP contribution in [-0.2, 0) is 4.74 Å². The number of carbonyl (C=O) groups is 1. The number of amides is 1. The number of aryl methyl sites for hydroxylation is 1. The first-order chi connectivity index (χ1) is 11.1. The number of hydrogen-bond donors (Lipinski definition) is 1. The van der Waals surface area contributed by atoms with Gasteiger partial charge in [0.05, 0.1) is 13.2 Å². The molecule has 1 aliphatic rings. The Morgan fingerprint density at radius 1 is 1.22 bits per heavy atom. The molecular weight excluding hydrogens is 290 g/mol. The summed E-state index contributed by atoms with van der Waals surface area (Å²) in [5.74, 6) is -0.186. The Kier molecular flexibility index (Phi) is 4.57. The molecule has 1 N–H and O–H groups in total. The smallest absolute Gasteiger partial charge is 0.274 e. The second-order valence-electron chi connectivity index (χ2n) is 5.70. The molecule has 1 aromatic carbocycles. The summed E-state index contributed by atoms with van der Waals surface area (Å²) < 4.78 is 5.37. The molecule has 5 heteroatoms. The fourth-order valence-corrected chi connectivity index (χ4v) is 2.63. The van der Waals surface area contributed by atoms with Gasteiger partial charge in [-0.15, -0.1) is 0 Å². The molecule has 1 aromatic heterocycles. The highest BCUT2D eigenvalue weighted by Crippen LogP contribution is 2.20. The topological polar surface area (TPSA) is 54.5 Å². The van der Waals surface area contributed by atoms with Gasteiger partial charge in [-0.1, -0.05) is 12.1 Å². The van der Waals surface area contributed by atoms with Crippen LogP contribution in [0.4, 0.5) is 11.4 Å². The zero-order valence-electron chi connectivity index (χ0n) is 13.5. The fraction of sp³-hybridized carbons (Fsp3) is 0.333. The van der Waals surface area contributed by atoms with E-state index >= 15 is 0 Å². The van der Waals surface area contributed by atoms with Gasteiger partial charge in [0.25, 0.3) is 5.91 Å². The first-order valence-corrected chi connectivity index (χ1v) is 7.81. The summed E-state index contributed by atoms with van der Waals surface area (Å²) in [4.78, 5) is 18.9. The van der Waals surface area contributed by atoms with Gasteiger partial charge in [-0.25, -0.2) is 0 Å². The van der Waals surface area contributed by atoms with Crippen LogP contribution in [0.3, 0.4) is 0 Å². The molecule has 1 amide bonds. The van der Waals surface area contributed by atoms with E-state index in [4.69, 9.17) is 4.74 Å². The Balaban J connectivity index is 1.78. The summed E-state index contributed by atoms with van der Waals surface area (Å²) in [6.07, 6.45) is 1.68. The SMILES string of the molecule is Cc1cccc(NC(=O)c2cc(N3CCOCC3)ccn2)c1C. The van der Waals surface area contributed by atoms with Gasteiger partial charge in [-0.2, -0.15) is 0 Å². The predicted molar refractivity (Wildman–Crippen MR) is 91.1 cm³/mol. The van der Waals surface area contributed by atoms with Crippen molar-refractivity contribution < 1.29 is 9.53 Å². The molecule has 23 heavy (non-hydrogen) atoms. The average molecular weight is 311 g/mol. The minimum absolute atomic E-state index is 0.186. The zero-order valence-corrected chi connectivity index (χ0v) is 13.5. The number of hydrogen-bond acceptors (Lipinski definition) is 4. The molecule has 0 unspecified atom stereocenters.